The fraction of sp³-hybridized carbons (Fsp3) is 0.571. The predicted octanol–water partition coefficient (Wildman–Crippen LogP) is 8.87. The topological polar surface area (TPSA) is 89.5 Å². The van der Waals surface area contributed by atoms with Crippen molar-refractivity contribution in [3.05, 3.63) is 72.3 Å². The molecule has 50 heavy (non-hydrogen) atoms. The summed E-state index contributed by atoms with van der Waals surface area (Å²) in [5.74, 6) is 3.65. The maximum Gasteiger partial charge on any atom is 0.335 e. The van der Waals surface area contributed by atoms with Crippen molar-refractivity contribution in [3.63, 3.8) is 0 Å². The van der Waals surface area contributed by atoms with E-state index in [1.165, 1.54) is 77.6 Å². The molecule has 2 aromatic carbocycles. The minimum Gasteiger partial charge on any atom is -0.490 e. The van der Waals surface area contributed by atoms with Crippen LogP contribution >= 0.6 is 0 Å². The van der Waals surface area contributed by atoms with Crippen LogP contribution in [0.2, 0.25) is 0 Å². The van der Waals surface area contributed by atoms with Gasteiger partial charge >= 0.3 is 11.9 Å². The molecule has 0 radical (unpaired) electrons. The fourth-order valence-corrected chi connectivity index (χ4v) is 7.52. The van der Waals surface area contributed by atoms with Crippen LogP contribution in [0.25, 0.3) is 11.1 Å². The van der Waals surface area contributed by atoms with Crippen LogP contribution < -0.4 is 9.47 Å². The first kappa shape index (κ1) is 39.2. The van der Waals surface area contributed by atoms with E-state index in [4.69, 9.17) is 28.4 Å². The van der Waals surface area contributed by atoms with E-state index in [0.717, 1.165) is 47.5 Å². The second-order valence-electron chi connectivity index (χ2n) is 13.9. The zero-order valence-corrected chi connectivity index (χ0v) is 30.6. The third kappa shape index (κ3) is 12.0. The van der Waals surface area contributed by atoms with Crippen molar-refractivity contribution in [2.75, 3.05) is 53.9 Å². The molecule has 0 N–H and O–H groups in total. The van der Waals surface area contributed by atoms with E-state index >= 15 is 0 Å². The number of hydrogen-bond donors (Lipinski definition) is 0. The molecule has 2 fully saturated rings. The molecule has 2 saturated carbocycles. The van der Waals surface area contributed by atoms with E-state index in [2.05, 4.69) is 38.3 Å². The minimum absolute atomic E-state index is 0.123. The van der Waals surface area contributed by atoms with Gasteiger partial charge in [-0.05, 0) is 103 Å². The molecule has 0 atom stereocenters. The van der Waals surface area contributed by atoms with Crippen LogP contribution in [-0.2, 0) is 28.5 Å². The van der Waals surface area contributed by atoms with Crippen molar-refractivity contribution in [2.45, 2.75) is 83.5 Å². The van der Waals surface area contributed by atoms with Crippen LogP contribution in [0.3, 0.4) is 0 Å². The Morgan fingerprint density at radius 1 is 0.680 bits per heavy atom. The van der Waals surface area contributed by atoms with Gasteiger partial charge in [-0.1, -0.05) is 70.4 Å². The number of unbranched alkanes of at least 4 members (excludes halogenated alkanes) is 1. The summed E-state index contributed by atoms with van der Waals surface area (Å²) in [6, 6.07) is 14.3. The van der Waals surface area contributed by atoms with Gasteiger partial charge in [0, 0.05) is 14.2 Å². The molecule has 0 aromatic heterocycles. The molecule has 0 aliphatic heterocycles. The van der Waals surface area contributed by atoms with E-state index < -0.39 is 11.9 Å². The summed E-state index contributed by atoms with van der Waals surface area (Å²) >= 11 is 0. The molecule has 0 amide bonds. The molecule has 4 rings (SSSR count). The number of carbonyl (C=O) groups is 2. The quantitative estimate of drug-likeness (QED) is 0.0774. The van der Waals surface area contributed by atoms with Gasteiger partial charge in [-0.3, -0.25) is 0 Å². The number of rotatable bonds is 20. The Labute approximate surface area is 299 Å². The third-order valence-electron chi connectivity index (χ3n) is 10.3. The summed E-state index contributed by atoms with van der Waals surface area (Å²) in [7, 11) is 3.03. The summed E-state index contributed by atoms with van der Waals surface area (Å²) in [6.07, 6.45) is 14.6. The molecule has 0 saturated heterocycles. The Balaban J connectivity index is 1.37. The van der Waals surface area contributed by atoms with E-state index in [0.29, 0.717) is 11.7 Å². The van der Waals surface area contributed by atoms with Gasteiger partial charge in [-0.2, -0.15) is 0 Å². The second-order valence-corrected chi connectivity index (χ2v) is 13.9. The van der Waals surface area contributed by atoms with Gasteiger partial charge in [-0.25, -0.2) is 9.59 Å². The average Bonchev–Trinajstić information content (AvgIpc) is 3.15. The van der Waals surface area contributed by atoms with E-state index in [9.17, 15) is 9.59 Å². The van der Waals surface area contributed by atoms with E-state index in [1.54, 1.807) is 0 Å². The second kappa shape index (κ2) is 20.9. The number of benzene rings is 2. The standard InChI is InChI=1S/C42H58O8/c1-6-7-8-32-9-11-33(12-10-32)34-13-15-36(16-14-34)39-27-37(19-22-40(39)48-24-26-50-42(44)31(3)29-46-5)35-17-20-38(21-18-35)47-23-25-49-41(43)30(2)28-45-4/h17-22,27,32-34,36H,2-3,6-16,23-26,28-29H2,1,4-5H3. The lowest BCUT2D eigenvalue weighted by atomic mass is 9.68. The van der Waals surface area contributed by atoms with Gasteiger partial charge in [-0.15, -0.1) is 0 Å². The molecule has 2 aliphatic rings. The lowest BCUT2D eigenvalue weighted by Crippen LogP contribution is -2.25. The molecule has 0 unspecified atom stereocenters. The summed E-state index contributed by atoms with van der Waals surface area (Å²) in [5, 5.41) is 0. The molecule has 0 spiro atoms. The normalized spacial score (nSPS) is 20.5. The Hall–Kier alpha value is -3.62. The molecular weight excluding hydrogens is 632 g/mol. The average molecular weight is 691 g/mol. The van der Waals surface area contributed by atoms with Gasteiger partial charge in [0.05, 0.1) is 24.4 Å². The Kier molecular flexibility index (Phi) is 16.4. The zero-order valence-electron chi connectivity index (χ0n) is 30.6. The predicted molar refractivity (Wildman–Crippen MR) is 196 cm³/mol. The summed E-state index contributed by atoms with van der Waals surface area (Å²) < 4.78 is 32.5. The van der Waals surface area contributed by atoms with Crippen LogP contribution in [0, 0.1) is 17.8 Å². The smallest absolute Gasteiger partial charge is 0.335 e. The first-order valence-corrected chi connectivity index (χ1v) is 18.5. The molecule has 8 nitrogen and oxygen atoms in total. The van der Waals surface area contributed by atoms with Crippen molar-refractivity contribution in [3.8, 4) is 22.6 Å². The lowest BCUT2D eigenvalue weighted by Gasteiger charge is -2.38. The SMILES string of the molecule is C=C(COC)C(=O)OCCOc1ccc(-c2ccc(OCCOC(=O)C(=C)COC)c(C3CCC(C4CCC(CCCC)CC4)CC3)c2)cc1. The number of hydrogen-bond acceptors (Lipinski definition) is 8. The van der Waals surface area contributed by atoms with Crippen LogP contribution in [-0.4, -0.2) is 65.8 Å². The molecule has 2 aromatic rings. The highest BCUT2D eigenvalue weighted by Gasteiger charge is 2.32. The summed E-state index contributed by atoms with van der Waals surface area (Å²) in [5.41, 5.74) is 3.96. The Morgan fingerprint density at radius 3 is 1.78 bits per heavy atom. The van der Waals surface area contributed by atoms with Crippen molar-refractivity contribution < 1.29 is 38.0 Å². The zero-order chi connectivity index (χ0) is 35.7. The third-order valence-corrected chi connectivity index (χ3v) is 10.3. The highest BCUT2D eigenvalue weighted by molar-refractivity contribution is 5.88. The highest BCUT2D eigenvalue weighted by atomic mass is 16.6. The van der Waals surface area contributed by atoms with Crippen molar-refractivity contribution >= 4 is 11.9 Å². The van der Waals surface area contributed by atoms with Crippen LogP contribution in [0.5, 0.6) is 11.5 Å². The van der Waals surface area contributed by atoms with Gasteiger partial charge in [0.15, 0.2) is 0 Å². The number of ether oxygens (including phenoxy) is 6. The summed E-state index contributed by atoms with van der Waals surface area (Å²) in [6.45, 7) is 10.7. The molecule has 2 aliphatic carbocycles. The molecule has 0 bridgehead atoms. The van der Waals surface area contributed by atoms with E-state index in [1.807, 2.05) is 24.3 Å². The van der Waals surface area contributed by atoms with Gasteiger partial charge in [0.25, 0.3) is 0 Å². The maximum atomic E-state index is 12.2. The van der Waals surface area contributed by atoms with Crippen LogP contribution in [0.15, 0.2) is 66.8 Å². The lowest BCUT2D eigenvalue weighted by molar-refractivity contribution is -0.141. The summed E-state index contributed by atoms with van der Waals surface area (Å²) in [4.78, 5) is 24.1. The van der Waals surface area contributed by atoms with Crippen LogP contribution in [0.4, 0.5) is 0 Å². The number of methoxy groups -OCH3 is 2. The monoisotopic (exact) mass is 690 g/mol. The Morgan fingerprint density at radius 2 is 1.22 bits per heavy atom. The number of esters is 2. The molecule has 0 heterocycles. The molecular formula is C42H58O8. The number of carbonyl (C=O) groups excluding carboxylic acids is 2. The van der Waals surface area contributed by atoms with Crippen molar-refractivity contribution in [2.24, 2.45) is 17.8 Å². The minimum atomic E-state index is -0.485. The van der Waals surface area contributed by atoms with E-state index in [-0.39, 0.29) is 50.8 Å². The first-order valence-electron chi connectivity index (χ1n) is 18.5. The van der Waals surface area contributed by atoms with Crippen LogP contribution in [0.1, 0.15) is 89.0 Å². The van der Waals surface area contributed by atoms with Gasteiger partial charge < -0.3 is 28.4 Å². The molecule has 8 heteroatoms. The maximum absolute atomic E-state index is 12.2. The van der Waals surface area contributed by atoms with Gasteiger partial charge in [0.1, 0.15) is 37.9 Å². The molecule has 274 valence electrons. The van der Waals surface area contributed by atoms with Crippen molar-refractivity contribution in [1.82, 2.24) is 0 Å². The first-order chi connectivity index (χ1) is 24.3. The van der Waals surface area contributed by atoms with Gasteiger partial charge in [0.2, 0.25) is 0 Å². The highest BCUT2D eigenvalue weighted by Crippen LogP contribution is 2.46. The Bertz CT molecular complexity index is 1370. The van der Waals surface area contributed by atoms with Crippen molar-refractivity contribution in [1.29, 1.82) is 0 Å². The fourth-order valence-electron chi connectivity index (χ4n) is 7.52. The largest absolute Gasteiger partial charge is 0.490 e.